The molecular formula is C16H23N3OS. The van der Waals surface area contributed by atoms with Crippen molar-refractivity contribution in [3.8, 4) is 10.8 Å². The lowest BCUT2D eigenvalue weighted by Gasteiger charge is -2.35. The molecule has 1 aliphatic rings. The minimum Gasteiger partial charge on any atom is -0.444 e. The Morgan fingerprint density at radius 1 is 1.48 bits per heavy atom. The van der Waals surface area contributed by atoms with Crippen LogP contribution in [0.5, 0.6) is 0 Å². The highest BCUT2D eigenvalue weighted by molar-refractivity contribution is 7.13. The second kappa shape index (κ2) is 7.20. The van der Waals surface area contributed by atoms with Gasteiger partial charge in [-0.2, -0.15) is 0 Å². The monoisotopic (exact) mass is 305 g/mol. The molecule has 5 heteroatoms. The first-order chi connectivity index (χ1) is 10.4. The van der Waals surface area contributed by atoms with Crippen LogP contribution in [0.2, 0.25) is 0 Å². The Morgan fingerprint density at radius 3 is 3.24 bits per heavy atom. The van der Waals surface area contributed by atoms with Crippen molar-refractivity contribution in [1.82, 2.24) is 15.2 Å². The molecule has 3 heterocycles. The van der Waals surface area contributed by atoms with Gasteiger partial charge in [-0.25, -0.2) is 4.98 Å². The van der Waals surface area contributed by atoms with Crippen LogP contribution in [0.25, 0.3) is 10.8 Å². The summed E-state index contributed by atoms with van der Waals surface area (Å²) >= 11 is 1.67. The van der Waals surface area contributed by atoms with E-state index in [1.807, 2.05) is 19.4 Å². The van der Waals surface area contributed by atoms with Gasteiger partial charge in [0.05, 0.1) is 10.6 Å². The molecule has 1 N–H and O–H groups in total. The average molecular weight is 305 g/mol. The third kappa shape index (κ3) is 3.73. The topological polar surface area (TPSA) is 41.3 Å². The SMILES string of the molecule is CNCCC1CCCCN1Cc1coc(-c2cccs2)n1. The summed E-state index contributed by atoms with van der Waals surface area (Å²) in [5.41, 5.74) is 1.05. The maximum atomic E-state index is 5.63. The van der Waals surface area contributed by atoms with Crippen molar-refractivity contribution >= 4 is 11.3 Å². The van der Waals surface area contributed by atoms with Crippen molar-refractivity contribution in [3.63, 3.8) is 0 Å². The van der Waals surface area contributed by atoms with E-state index in [4.69, 9.17) is 4.42 Å². The first-order valence-corrected chi connectivity index (χ1v) is 8.61. The number of nitrogens with one attached hydrogen (secondary N) is 1. The average Bonchev–Trinajstić information content (AvgIpc) is 3.17. The number of hydrogen-bond acceptors (Lipinski definition) is 5. The van der Waals surface area contributed by atoms with Crippen LogP contribution in [0.3, 0.4) is 0 Å². The lowest BCUT2D eigenvalue weighted by Crippen LogP contribution is -2.40. The largest absolute Gasteiger partial charge is 0.444 e. The maximum absolute atomic E-state index is 5.63. The lowest BCUT2D eigenvalue weighted by molar-refractivity contribution is 0.131. The lowest BCUT2D eigenvalue weighted by atomic mass is 9.99. The van der Waals surface area contributed by atoms with Crippen molar-refractivity contribution in [1.29, 1.82) is 0 Å². The maximum Gasteiger partial charge on any atom is 0.236 e. The third-order valence-electron chi connectivity index (χ3n) is 4.13. The first kappa shape index (κ1) is 14.8. The summed E-state index contributed by atoms with van der Waals surface area (Å²) in [5.74, 6) is 0.754. The number of piperidine rings is 1. The highest BCUT2D eigenvalue weighted by Gasteiger charge is 2.23. The molecule has 0 amide bonds. The van der Waals surface area contributed by atoms with Crippen LogP contribution in [0.4, 0.5) is 0 Å². The van der Waals surface area contributed by atoms with Gasteiger partial charge in [0.25, 0.3) is 0 Å². The number of hydrogen-bond donors (Lipinski definition) is 1. The summed E-state index contributed by atoms with van der Waals surface area (Å²) in [7, 11) is 2.03. The highest BCUT2D eigenvalue weighted by Crippen LogP contribution is 2.26. The van der Waals surface area contributed by atoms with E-state index in [1.54, 1.807) is 11.3 Å². The van der Waals surface area contributed by atoms with Crippen molar-refractivity contribution in [2.45, 2.75) is 38.3 Å². The molecule has 2 aromatic rings. The van der Waals surface area contributed by atoms with Gasteiger partial charge in [-0.15, -0.1) is 11.3 Å². The van der Waals surface area contributed by atoms with Gasteiger partial charge in [-0.3, -0.25) is 4.90 Å². The molecule has 0 saturated carbocycles. The minimum absolute atomic E-state index is 0.674. The Bertz CT molecular complexity index is 537. The van der Waals surface area contributed by atoms with Crippen molar-refractivity contribution in [2.75, 3.05) is 20.1 Å². The molecule has 21 heavy (non-hydrogen) atoms. The molecule has 114 valence electrons. The molecule has 1 fully saturated rings. The Morgan fingerprint density at radius 2 is 2.43 bits per heavy atom. The van der Waals surface area contributed by atoms with Gasteiger partial charge in [0.1, 0.15) is 6.26 Å². The van der Waals surface area contributed by atoms with E-state index in [1.165, 1.54) is 32.2 Å². The van der Waals surface area contributed by atoms with E-state index in [9.17, 15) is 0 Å². The number of likely N-dealkylation sites (tertiary alicyclic amines) is 1. The van der Waals surface area contributed by atoms with Crippen molar-refractivity contribution in [2.24, 2.45) is 0 Å². The number of nitrogens with zero attached hydrogens (tertiary/aromatic N) is 2. The van der Waals surface area contributed by atoms with Gasteiger partial charge < -0.3 is 9.73 Å². The Balaban J connectivity index is 1.64. The highest BCUT2D eigenvalue weighted by atomic mass is 32.1. The van der Waals surface area contributed by atoms with Gasteiger partial charge in [0, 0.05) is 12.6 Å². The molecule has 4 nitrogen and oxygen atoms in total. The Labute approximate surface area is 130 Å². The van der Waals surface area contributed by atoms with E-state index in [-0.39, 0.29) is 0 Å². The fraction of sp³-hybridized carbons (Fsp3) is 0.562. The molecule has 1 atom stereocenters. The van der Waals surface area contributed by atoms with Gasteiger partial charge in [-0.05, 0) is 50.8 Å². The van der Waals surface area contributed by atoms with Crippen molar-refractivity contribution in [3.05, 3.63) is 29.5 Å². The van der Waals surface area contributed by atoms with Crippen LogP contribution >= 0.6 is 11.3 Å². The molecular weight excluding hydrogens is 282 g/mol. The fourth-order valence-corrected chi connectivity index (χ4v) is 3.66. The third-order valence-corrected chi connectivity index (χ3v) is 4.98. The van der Waals surface area contributed by atoms with E-state index >= 15 is 0 Å². The van der Waals surface area contributed by atoms with Crippen LogP contribution in [-0.2, 0) is 6.54 Å². The number of rotatable bonds is 6. The van der Waals surface area contributed by atoms with E-state index in [0.717, 1.165) is 29.6 Å². The zero-order chi connectivity index (χ0) is 14.5. The normalized spacial score (nSPS) is 20.0. The number of thiophene rings is 1. The van der Waals surface area contributed by atoms with Gasteiger partial charge in [0.2, 0.25) is 5.89 Å². The fourth-order valence-electron chi connectivity index (χ4n) is 3.01. The van der Waals surface area contributed by atoms with Crippen molar-refractivity contribution < 1.29 is 4.42 Å². The second-order valence-electron chi connectivity index (χ2n) is 5.63. The van der Waals surface area contributed by atoms with Crippen LogP contribution in [0.1, 0.15) is 31.4 Å². The first-order valence-electron chi connectivity index (χ1n) is 7.74. The Hall–Kier alpha value is -1.17. The second-order valence-corrected chi connectivity index (χ2v) is 6.58. The zero-order valence-electron chi connectivity index (χ0n) is 12.5. The Kier molecular flexibility index (Phi) is 5.06. The summed E-state index contributed by atoms with van der Waals surface area (Å²) in [5, 5.41) is 5.32. The van der Waals surface area contributed by atoms with Crippen LogP contribution < -0.4 is 5.32 Å². The molecule has 3 rings (SSSR count). The summed E-state index contributed by atoms with van der Waals surface area (Å²) in [6.07, 6.45) is 6.98. The van der Waals surface area contributed by atoms with E-state index in [0.29, 0.717) is 6.04 Å². The summed E-state index contributed by atoms with van der Waals surface area (Å²) < 4.78 is 5.63. The van der Waals surface area contributed by atoms with Crippen LogP contribution in [0.15, 0.2) is 28.2 Å². The molecule has 0 spiro atoms. The smallest absolute Gasteiger partial charge is 0.236 e. The summed E-state index contributed by atoms with van der Waals surface area (Å²) in [4.78, 5) is 8.32. The molecule has 0 bridgehead atoms. The number of aromatic nitrogens is 1. The van der Waals surface area contributed by atoms with Crippen LogP contribution in [0, 0.1) is 0 Å². The molecule has 2 aromatic heterocycles. The number of oxazole rings is 1. The molecule has 0 radical (unpaired) electrons. The molecule has 1 aliphatic heterocycles. The minimum atomic E-state index is 0.674. The van der Waals surface area contributed by atoms with Gasteiger partial charge >= 0.3 is 0 Å². The molecule has 1 saturated heterocycles. The molecule has 1 unspecified atom stereocenters. The summed E-state index contributed by atoms with van der Waals surface area (Å²) in [6, 6.07) is 4.76. The standard InChI is InChI=1S/C16H23N3OS/c1-17-8-7-14-5-2-3-9-19(14)11-13-12-20-16(18-13)15-6-4-10-21-15/h4,6,10,12,14,17H,2-3,5,7-9,11H2,1H3. The zero-order valence-corrected chi connectivity index (χ0v) is 13.4. The quantitative estimate of drug-likeness (QED) is 0.888. The molecule has 0 aliphatic carbocycles. The van der Waals surface area contributed by atoms with E-state index < -0.39 is 0 Å². The van der Waals surface area contributed by atoms with Crippen LogP contribution in [-0.4, -0.2) is 36.1 Å². The van der Waals surface area contributed by atoms with Gasteiger partial charge in [0.15, 0.2) is 0 Å². The molecule has 0 aromatic carbocycles. The van der Waals surface area contributed by atoms with E-state index in [2.05, 4.69) is 26.6 Å². The summed E-state index contributed by atoms with van der Waals surface area (Å²) in [6.45, 7) is 3.17. The van der Waals surface area contributed by atoms with Gasteiger partial charge in [-0.1, -0.05) is 12.5 Å². The predicted molar refractivity (Wildman–Crippen MR) is 86.4 cm³/mol. The predicted octanol–water partition coefficient (Wildman–Crippen LogP) is 3.37.